The standard InChI is InChI=1S/C13H17ClN2O5/c1-3-4-16-7-8(14)5-10(16)12(18)15-9(13(19)20)6-11(17)21-2/h5,7,9H,3-4,6H2,1-2H3,(H,15,18)(H,19,20)/t9-/m0/s1. The molecule has 1 aromatic rings. The van der Waals surface area contributed by atoms with Gasteiger partial charge in [0.15, 0.2) is 0 Å². The number of carboxylic acid groups (broad SMARTS) is 1. The lowest BCUT2D eigenvalue weighted by Gasteiger charge is -2.14. The fourth-order valence-electron chi connectivity index (χ4n) is 1.77. The van der Waals surface area contributed by atoms with Crippen LogP contribution in [-0.4, -0.2) is 40.7 Å². The van der Waals surface area contributed by atoms with Gasteiger partial charge in [0.2, 0.25) is 0 Å². The van der Waals surface area contributed by atoms with Crippen molar-refractivity contribution in [3.63, 3.8) is 0 Å². The van der Waals surface area contributed by atoms with Crippen LogP contribution in [0, 0.1) is 0 Å². The van der Waals surface area contributed by atoms with E-state index in [4.69, 9.17) is 16.7 Å². The van der Waals surface area contributed by atoms with Crippen molar-refractivity contribution in [3.8, 4) is 0 Å². The van der Waals surface area contributed by atoms with Gasteiger partial charge in [-0.15, -0.1) is 0 Å². The second-order valence-corrected chi connectivity index (χ2v) is 4.82. The molecule has 1 heterocycles. The third kappa shape index (κ3) is 4.78. The fraction of sp³-hybridized carbons (Fsp3) is 0.462. The zero-order valence-electron chi connectivity index (χ0n) is 11.8. The summed E-state index contributed by atoms with van der Waals surface area (Å²) < 4.78 is 6.04. The molecule has 1 aromatic heterocycles. The Labute approximate surface area is 126 Å². The largest absolute Gasteiger partial charge is 0.480 e. The van der Waals surface area contributed by atoms with Crippen molar-refractivity contribution in [2.24, 2.45) is 0 Å². The van der Waals surface area contributed by atoms with Crippen LogP contribution in [0.4, 0.5) is 0 Å². The number of carbonyl (C=O) groups excluding carboxylic acids is 2. The molecule has 21 heavy (non-hydrogen) atoms. The SMILES string of the molecule is CCCn1cc(Cl)cc1C(=O)N[C@@H](CC(=O)OC)C(=O)O. The molecule has 1 atom stereocenters. The lowest BCUT2D eigenvalue weighted by Crippen LogP contribution is -2.43. The molecule has 8 heteroatoms. The van der Waals surface area contributed by atoms with Crippen LogP contribution in [-0.2, 0) is 20.9 Å². The van der Waals surface area contributed by atoms with Crippen molar-refractivity contribution >= 4 is 29.4 Å². The Kier molecular flexibility index (Phi) is 6.23. The monoisotopic (exact) mass is 316 g/mol. The molecule has 116 valence electrons. The number of aliphatic carboxylic acids is 1. The van der Waals surface area contributed by atoms with Gasteiger partial charge in [0.05, 0.1) is 18.6 Å². The Morgan fingerprint density at radius 1 is 1.48 bits per heavy atom. The number of ether oxygens (including phenoxy) is 1. The van der Waals surface area contributed by atoms with Crippen LogP contribution >= 0.6 is 11.6 Å². The predicted molar refractivity (Wildman–Crippen MR) is 75.3 cm³/mol. The van der Waals surface area contributed by atoms with E-state index in [0.29, 0.717) is 11.6 Å². The van der Waals surface area contributed by atoms with E-state index in [1.165, 1.54) is 6.07 Å². The topological polar surface area (TPSA) is 97.6 Å². The third-order valence-corrected chi connectivity index (χ3v) is 2.97. The van der Waals surface area contributed by atoms with E-state index in [1.807, 2.05) is 6.92 Å². The van der Waals surface area contributed by atoms with E-state index in [-0.39, 0.29) is 5.69 Å². The van der Waals surface area contributed by atoms with Crippen LogP contribution < -0.4 is 5.32 Å². The quantitative estimate of drug-likeness (QED) is 0.739. The van der Waals surface area contributed by atoms with Gasteiger partial charge in [-0.05, 0) is 12.5 Å². The van der Waals surface area contributed by atoms with E-state index in [9.17, 15) is 14.4 Å². The third-order valence-electron chi connectivity index (χ3n) is 2.76. The van der Waals surface area contributed by atoms with Gasteiger partial charge in [-0.3, -0.25) is 9.59 Å². The zero-order valence-corrected chi connectivity index (χ0v) is 12.5. The summed E-state index contributed by atoms with van der Waals surface area (Å²) in [6.45, 7) is 2.51. The van der Waals surface area contributed by atoms with Crippen LogP contribution in [0.1, 0.15) is 30.3 Å². The van der Waals surface area contributed by atoms with Crippen LogP contribution in [0.15, 0.2) is 12.3 Å². The number of methoxy groups -OCH3 is 1. The number of carboxylic acids is 1. The molecule has 0 spiro atoms. The first-order valence-corrected chi connectivity index (χ1v) is 6.73. The maximum Gasteiger partial charge on any atom is 0.326 e. The minimum atomic E-state index is -1.35. The maximum atomic E-state index is 12.1. The summed E-state index contributed by atoms with van der Waals surface area (Å²) >= 11 is 5.86. The van der Waals surface area contributed by atoms with Crippen molar-refractivity contribution in [2.45, 2.75) is 32.4 Å². The number of aromatic nitrogens is 1. The molecule has 0 saturated heterocycles. The molecule has 1 rings (SSSR count). The number of aryl methyl sites for hydroxylation is 1. The first kappa shape index (κ1) is 17.0. The van der Waals surface area contributed by atoms with E-state index in [1.54, 1.807) is 10.8 Å². The molecule has 0 bridgehead atoms. The van der Waals surface area contributed by atoms with E-state index in [2.05, 4.69) is 10.1 Å². The summed E-state index contributed by atoms with van der Waals surface area (Å²) in [5.41, 5.74) is 0.248. The van der Waals surface area contributed by atoms with Gasteiger partial charge >= 0.3 is 11.9 Å². The minimum Gasteiger partial charge on any atom is -0.480 e. The van der Waals surface area contributed by atoms with Crippen molar-refractivity contribution < 1.29 is 24.2 Å². The first-order valence-electron chi connectivity index (χ1n) is 6.35. The smallest absolute Gasteiger partial charge is 0.326 e. The molecule has 0 aliphatic carbocycles. The van der Waals surface area contributed by atoms with Crippen molar-refractivity contribution in [2.75, 3.05) is 7.11 Å². The second kappa shape index (κ2) is 7.68. The Morgan fingerprint density at radius 3 is 2.67 bits per heavy atom. The number of hydrogen-bond donors (Lipinski definition) is 2. The summed E-state index contributed by atoms with van der Waals surface area (Å²) in [7, 11) is 1.15. The van der Waals surface area contributed by atoms with Gasteiger partial charge in [0, 0.05) is 12.7 Å². The number of hydrogen-bond acceptors (Lipinski definition) is 4. The summed E-state index contributed by atoms with van der Waals surface area (Å²) in [6, 6.07) is 0.0950. The highest BCUT2D eigenvalue weighted by Gasteiger charge is 2.25. The molecule has 0 aromatic carbocycles. The molecular weight excluding hydrogens is 300 g/mol. The number of carbonyl (C=O) groups is 3. The van der Waals surface area contributed by atoms with E-state index >= 15 is 0 Å². The first-order chi connectivity index (χ1) is 9.88. The molecule has 0 fully saturated rings. The van der Waals surface area contributed by atoms with Crippen LogP contribution in [0.3, 0.4) is 0 Å². The number of halogens is 1. The lowest BCUT2D eigenvalue weighted by molar-refractivity contribution is -0.147. The molecule has 0 aliphatic rings. The van der Waals surface area contributed by atoms with Crippen LogP contribution in [0.2, 0.25) is 5.02 Å². The number of nitrogens with zero attached hydrogens (tertiary/aromatic N) is 1. The molecule has 0 saturated carbocycles. The Hall–Kier alpha value is -2.02. The fourth-order valence-corrected chi connectivity index (χ4v) is 1.99. The summed E-state index contributed by atoms with van der Waals surface area (Å²) in [5.74, 6) is -2.63. The number of esters is 1. The van der Waals surface area contributed by atoms with Crippen LogP contribution in [0.25, 0.3) is 0 Å². The lowest BCUT2D eigenvalue weighted by atomic mass is 10.2. The number of nitrogens with one attached hydrogen (secondary N) is 1. The van der Waals surface area contributed by atoms with Crippen molar-refractivity contribution in [1.82, 2.24) is 9.88 Å². The predicted octanol–water partition coefficient (Wildman–Crippen LogP) is 1.30. The maximum absolute atomic E-state index is 12.1. The molecule has 0 radical (unpaired) electrons. The van der Waals surface area contributed by atoms with Gasteiger partial charge in [-0.2, -0.15) is 0 Å². The van der Waals surface area contributed by atoms with Crippen molar-refractivity contribution in [3.05, 3.63) is 23.0 Å². The molecule has 0 unspecified atom stereocenters. The normalized spacial score (nSPS) is 11.8. The molecular formula is C13H17ClN2O5. The van der Waals surface area contributed by atoms with Crippen LogP contribution in [0.5, 0.6) is 0 Å². The molecule has 1 amide bonds. The summed E-state index contributed by atoms with van der Waals surface area (Å²) in [5, 5.41) is 11.7. The highest BCUT2D eigenvalue weighted by Crippen LogP contribution is 2.15. The Morgan fingerprint density at radius 2 is 2.14 bits per heavy atom. The molecule has 0 aliphatic heterocycles. The van der Waals surface area contributed by atoms with Gasteiger partial charge in [-0.25, -0.2) is 4.79 Å². The van der Waals surface area contributed by atoms with Gasteiger partial charge in [-0.1, -0.05) is 18.5 Å². The Balaban J connectivity index is 2.86. The Bertz CT molecular complexity index is 541. The van der Waals surface area contributed by atoms with Gasteiger partial charge in [0.1, 0.15) is 11.7 Å². The highest BCUT2D eigenvalue weighted by molar-refractivity contribution is 6.31. The zero-order chi connectivity index (χ0) is 16.0. The minimum absolute atomic E-state index is 0.248. The van der Waals surface area contributed by atoms with Crippen molar-refractivity contribution in [1.29, 1.82) is 0 Å². The summed E-state index contributed by atoms with van der Waals surface area (Å²) in [6.07, 6.45) is 1.94. The number of rotatable bonds is 7. The molecule has 7 nitrogen and oxygen atoms in total. The highest BCUT2D eigenvalue weighted by atomic mass is 35.5. The van der Waals surface area contributed by atoms with Gasteiger partial charge < -0.3 is 19.7 Å². The summed E-state index contributed by atoms with van der Waals surface area (Å²) in [4.78, 5) is 34.4. The average Bonchev–Trinajstić information content (AvgIpc) is 2.79. The van der Waals surface area contributed by atoms with E-state index < -0.39 is 30.3 Å². The van der Waals surface area contributed by atoms with E-state index in [0.717, 1.165) is 13.5 Å². The number of amides is 1. The second-order valence-electron chi connectivity index (χ2n) is 4.38. The van der Waals surface area contributed by atoms with Gasteiger partial charge in [0.25, 0.3) is 5.91 Å². The molecule has 2 N–H and O–H groups in total. The average molecular weight is 317 g/mol.